The minimum Gasteiger partial charge on any atom is -0.383 e. The summed E-state index contributed by atoms with van der Waals surface area (Å²) in [5, 5.41) is 4.53. The van der Waals surface area contributed by atoms with Gasteiger partial charge in [0.2, 0.25) is 0 Å². The van der Waals surface area contributed by atoms with Crippen molar-refractivity contribution < 1.29 is 14.3 Å². The van der Waals surface area contributed by atoms with Gasteiger partial charge in [0.15, 0.2) is 0 Å². The summed E-state index contributed by atoms with van der Waals surface area (Å²) in [7, 11) is 1.66. The Morgan fingerprint density at radius 2 is 2.21 bits per heavy atom. The lowest BCUT2D eigenvalue weighted by Crippen LogP contribution is -2.45. The lowest BCUT2D eigenvalue weighted by atomic mass is 9.92. The van der Waals surface area contributed by atoms with Gasteiger partial charge in [-0.2, -0.15) is 0 Å². The van der Waals surface area contributed by atoms with Gasteiger partial charge < -0.3 is 14.8 Å². The second-order valence-electron chi connectivity index (χ2n) is 6.01. The van der Waals surface area contributed by atoms with Gasteiger partial charge in [-0.25, -0.2) is 0 Å². The molecule has 1 amide bonds. The van der Waals surface area contributed by atoms with Crippen molar-refractivity contribution in [3.05, 3.63) is 41.0 Å². The first-order chi connectivity index (χ1) is 11.7. The number of hydrogen-bond donors (Lipinski definition) is 1. The summed E-state index contributed by atoms with van der Waals surface area (Å²) in [5.41, 5.74) is 1.31. The third kappa shape index (κ3) is 3.86. The minimum absolute atomic E-state index is 0.0260. The Hall–Kier alpha value is -1.69. The number of nitrogens with one attached hydrogen (secondary N) is 1. The van der Waals surface area contributed by atoms with Gasteiger partial charge in [0, 0.05) is 36.9 Å². The number of rotatable bonds is 5. The number of aromatic nitrogens is 1. The van der Waals surface area contributed by atoms with Gasteiger partial charge >= 0.3 is 0 Å². The average Bonchev–Trinajstić information content (AvgIpc) is 2.61. The van der Waals surface area contributed by atoms with E-state index in [0.717, 1.165) is 31.4 Å². The Balaban J connectivity index is 1.82. The molecule has 3 rings (SSSR count). The lowest BCUT2D eigenvalue weighted by Gasteiger charge is -2.30. The van der Waals surface area contributed by atoms with E-state index >= 15 is 0 Å². The Morgan fingerprint density at radius 1 is 1.42 bits per heavy atom. The third-order valence-corrected chi connectivity index (χ3v) is 4.68. The standard InChI is InChI=1S/C18H21ClN2O3/c1-23-11-17(12-5-8-24-9-6-12)21-18(22)15-4-7-20-16-10-13(19)2-3-14(15)16/h2-4,7,10,12,17H,5-6,8-9,11H2,1H3,(H,21,22). The quantitative estimate of drug-likeness (QED) is 0.902. The zero-order valence-corrected chi connectivity index (χ0v) is 14.4. The first-order valence-electron chi connectivity index (χ1n) is 8.11. The highest BCUT2D eigenvalue weighted by molar-refractivity contribution is 6.31. The van der Waals surface area contributed by atoms with Gasteiger partial charge in [-0.05, 0) is 37.0 Å². The molecule has 0 aliphatic carbocycles. The number of fused-ring (bicyclic) bond motifs is 1. The highest BCUT2D eigenvalue weighted by atomic mass is 35.5. The van der Waals surface area contributed by atoms with Crippen molar-refractivity contribution in [2.24, 2.45) is 5.92 Å². The van der Waals surface area contributed by atoms with E-state index in [0.29, 0.717) is 28.6 Å². The number of halogens is 1. The molecule has 1 aromatic heterocycles. The van der Waals surface area contributed by atoms with E-state index < -0.39 is 0 Å². The first-order valence-corrected chi connectivity index (χ1v) is 8.48. The molecular weight excluding hydrogens is 328 g/mol. The molecule has 128 valence electrons. The zero-order chi connectivity index (χ0) is 16.9. The van der Waals surface area contributed by atoms with Gasteiger partial charge in [-0.3, -0.25) is 9.78 Å². The molecule has 1 saturated heterocycles. The van der Waals surface area contributed by atoms with Crippen LogP contribution >= 0.6 is 11.6 Å². The van der Waals surface area contributed by atoms with Crippen molar-refractivity contribution in [2.75, 3.05) is 26.9 Å². The Morgan fingerprint density at radius 3 is 2.96 bits per heavy atom. The average molecular weight is 349 g/mol. The van der Waals surface area contributed by atoms with Crippen LogP contribution in [0.2, 0.25) is 5.02 Å². The second kappa shape index (κ2) is 7.92. The largest absolute Gasteiger partial charge is 0.383 e. The van der Waals surface area contributed by atoms with Gasteiger partial charge in [-0.15, -0.1) is 0 Å². The fourth-order valence-electron chi connectivity index (χ4n) is 3.16. The number of carbonyl (C=O) groups is 1. The molecule has 1 unspecified atom stereocenters. The van der Waals surface area contributed by atoms with E-state index in [2.05, 4.69) is 10.3 Å². The molecule has 1 N–H and O–H groups in total. The Bertz CT molecular complexity index is 716. The number of amides is 1. The third-order valence-electron chi connectivity index (χ3n) is 4.45. The summed E-state index contributed by atoms with van der Waals surface area (Å²) in [6.07, 6.45) is 3.50. The smallest absolute Gasteiger partial charge is 0.252 e. The number of benzene rings is 1. The van der Waals surface area contributed by atoms with Crippen molar-refractivity contribution in [1.29, 1.82) is 0 Å². The highest BCUT2D eigenvalue weighted by Gasteiger charge is 2.26. The molecular formula is C18H21ClN2O3. The lowest BCUT2D eigenvalue weighted by molar-refractivity contribution is 0.0361. The number of pyridine rings is 1. The topological polar surface area (TPSA) is 60.5 Å². The molecule has 24 heavy (non-hydrogen) atoms. The molecule has 5 nitrogen and oxygen atoms in total. The van der Waals surface area contributed by atoms with Gasteiger partial charge in [0.25, 0.3) is 5.91 Å². The number of nitrogens with zero attached hydrogens (tertiary/aromatic N) is 1. The summed E-state index contributed by atoms with van der Waals surface area (Å²) in [4.78, 5) is 17.1. The van der Waals surface area contributed by atoms with Crippen LogP contribution in [0.1, 0.15) is 23.2 Å². The molecule has 1 aromatic carbocycles. The van der Waals surface area contributed by atoms with Crippen LogP contribution in [0.5, 0.6) is 0 Å². The maximum absolute atomic E-state index is 12.8. The van der Waals surface area contributed by atoms with E-state index in [1.165, 1.54) is 0 Å². The molecule has 0 saturated carbocycles. The Labute approximate surface area is 146 Å². The van der Waals surface area contributed by atoms with E-state index in [9.17, 15) is 4.79 Å². The molecule has 2 aromatic rings. The zero-order valence-electron chi connectivity index (χ0n) is 13.6. The molecule has 1 aliphatic heterocycles. The second-order valence-corrected chi connectivity index (χ2v) is 6.44. The van der Waals surface area contributed by atoms with Crippen LogP contribution < -0.4 is 5.32 Å². The normalized spacial score (nSPS) is 16.9. The molecule has 1 atom stereocenters. The fourth-order valence-corrected chi connectivity index (χ4v) is 3.33. The van der Waals surface area contributed by atoms with E-state index in [1.54, 1.807) is 31.5 Å². The summed E-state index contributed by atoms with van der Waals surface area (Å²) >= 11 is 6.01. The number of ether oxygens (including phenoxy) is 2. The van der Waals surface area contributed by atoms with Crippen molar-refractivity contribution in [3.63, 3.8) is 0 Å². The summed E-state index contributed by atoms with van der Waals surface area (Å²) in [5.74, 6) is 0.253. The predicted molar refractivity (Wildman–Crippen MR) is 93.4 cm³/mol. The van der Waals surface area contributed by atoms with E-state index in [1.807, 2.05) is 6.07 Å². The number of carbonyl (C=O) groups excluding carboxylic acids is 1. The number of hydrogen-bond acceptors (Lipinski definition) is 4. The maximum atomic E-state index is 12.8. The summed E-state index contributed by atoms with van der Waals surface area (Å²) in [6.45, 7) is 1.96. The van der Waals surface area contributed by atoms with Crippen molar-refractivity contribution in [1.82, 2.24) is 10.3 Å². The van der Waals surface area contributed by atoms with Crippen molar-refractivity contribution in [2.45, 2.75) is 18.9 Å². The SMILES string of the molecule is COCC(NC(=O)c1ccnc2cc(Cl)ccc12)C1CCOCC1. The van der Waals surface area contributed by atoms with Crippen LogP contribution in [0, 0.1) is 5.92 Å². The van der Waals surface area contributed by atoms with Crippen molar-refractivity contribution >= 4 is 28.4 Å². The molecule has 2 heterocycles. The van der Waals surface area contributed by atoms with Crippen LogP contribution in [0.15, 0.2) is 30.5 Å². The molecule has 1 fully saturated rings. The van der Waals surface area contributed by atoms with Crippen LogP contribution in [0.3, 0.4) is 0 Å². The summed E-state index contributed by atoms with van der Waals surface area (Å²) < 4.78 is 10.7. The molecule has 1 aliphatic rings. The van der Waals surface area contributed by atoms with Crippen LogP contribution in [0.25, 0.3) is 10.9 Å². The van der Waals surface area contributed by atoms with E-state index in [4.69, 9.17) is 21.1 Å². The molecule has 6 heteroatoms. The molecule has 0 radical (unpaired) electrons. The highest BCUT2D eigenvalue weighted by Crippen LogP contribution is 2.23. The minimum atomic E-state index is -0.113. The monoisotopic (exact) mass is 348 g/mol. The van der Waals surface area contributed by atoms with Crippen LogP contribution in [0.4, 0.5) is 0 Å². The molecule has 0 spiro atoms. The number of methoxy groups -OCH3 is 1. The van der Waals surface area contributed by atoms with E-state index in [-0.39, 0.29) is 11.9 Å². The predicted octanol–water partition coefficient (Wildman–Crippen LogP) is 3.06. The summed E-state index contributed by atoms with van der Waals surface area (Å²) in [6, 6.07) is 7.08. The van der Waals surface area contributed by atoms with Gasteiger partial charge in [0.1, 0.15) is 0 Å². The van der Waals surface area contributed by atoms with Crippen LogP contribution in [-0.2, 0) is 9.47 Å². The van der Waals surface area contributed by atoms with Gasteiger partial charge in [-0.1, -0.05) is 17.7 Å². The maximum Gasteiger partial charge on any atom is 0.252 e. The molecule has 0 bridgehead atoms. The van der Waals surface area contributed by atoms with Crippen molar-refractivity contribution in [3.8, 4) is 0 Å². The van der Waals surface area contributed by atoms with Gasteiger partial charge in [0.05, 0.1) is 23.7 Å². The first kappa shape index (κ1) is 17.1. The Kier molecular flexibility index (Phi) is 5.66. The van der Waals surface area contributed by atoms with Crippen LogP contribution in [-0.4, -0.2) is 43.9 Å². The fraction of sp³-hybridized carbons (Fsp3) is 0.444.